The van der Waals surface area contributed by atoms with Crippen LogP contribution in [-0.4, -0.2) is 24.0 Å². The normalized spacial score (nSPS) is 14.8. The van der Waals surface area contributed by atoms with Crippen LogP contribution in [0.3, 0.4) is 0 Å². The number of hydrogen-bond acceptors (Lipinski definition) is 1. The predicted molar refractivity (Wildman–Crippen MR) is 88.4 cm³/mol. The molecule has 1 aliphatic heterocycles. The van der Waals surface area contributed by atoms with Crippen molar-refractivity contribution in [1.29, 1.82) is 0 Å². The van der Waals surface area contributed by atoms with E-state index in [-0.39, 0.29) is 11.8 Å². The zero-order valence-corrected chi connectivity index (χ0v) is 13.8. The Morgan fingerprint density at radius 2 is 2.00 bits per heavy atom. The molecular formula is C17H16BrFN2O. The van der Waals surface area contributed by atoms with Gasteiger partial charge in [0.15, 0.2) is 0 Å². The van der Waals surface area contributed by atoms with Gasteiger partial charge in [-0.3, -0.25) is 4.90 Å². The Morgan fingerprint density at radius 1 is 1.18 bits per heavy atom. The summed E-state index contributed by atoms with van der Waals surface area (Å²) in [6, 6.07) is 12.2. The zero-order valence-electron chi connectivity index (χ0n) is 12.2. The molecule has 2 amide bonds. The van der Waals surface area contributed by atoms with Crippen molar-refractivity contribution in [2.45, 2.75) is 13.5 Å². The third-order valence-electron chi connectivity index (χ3n) is 3.81. The Balaban J connectivity index is 1.75. The Bertz CT molecular complexity index is 720. The Labute approximate surface area is 137 Å². The number of aryl methyl sites for hydroxylation is 1. The van der Waals surface area contributed by atoms with Crippen LogP contribution >= 0.6 is 15.9 Å². The summed E-state index contributed by atoms with van der Waals surface area (Å²) in [5.74, 6) is -0.274. The second kappa shape index (κ2) is 6.08. The molecule has 3 rings (SSSR count). The summed E-state index contributed by atoms with van der Waals surface area (Å²) in [6.07, 6.45) is 0. The lowest BCUT2D eigenvalue weighted by Gasteiger charge is -2.19. The van der Waals surface area contributed by atoms with Crippen LogP contribution in [0.15, 0.2) is 46.9 Å². The summed E-state index contributed by atoms with van der Waals surface area (Å²) in [4.78, 5) is 16.0. The van der Waals surface area contributed by atoms with Crippen molar-refractivity contribution >= 4 is 27.6 Å². The van der Waals surface area contributed by atoms with Gasteiger partial charge in [0, 0.05) is 29.8 Å². The van der Waals surface area contributed by atoms with Crippen LogP contribution in [-0.2, 0) is 6.54 Å². The third-order valence-corrected chi connectivity index (χ3v) is 4.70. The molecular weight excluding hydrogens is 347 g/mol. The standard InChI is InChI=1S/C17H16BrFN2O/c1-12-9-15(5-6-16(12)18)21-8-7-20(17(21)22)11-13-3-2-4-14(19)10-13/h2-6,9-10H,7-8,11H2,1H3. The molecule has 1 aliphatic rings. The first-order valence-electron chi connectivity index (χ1n) is 7.11. The SMILES string of the molecule is Cc1cc(N2CCN(Cc3cccc(F)c3)C2=O)ccc1Br. The van der Waals surface area contributed by atoms with Crippen LogP contribution in [0.1, 0.15) is 11.1 Å². The molecule has 0 atom stereocenters. The second-order valence-electron chi connectivity index (χ2n) is 5.42. The number of halogens is 2. The largest absolute Gasteiger partial charge is 0.324 e. The molecule has 0 aromatic heterocycles. The van der Waals surface area contributed by atoms with Gasteiger partial charge in [0.25, 0.3) is 0 Å². The molecule has 1 fully saturated rings. The average Bonchev–Trinajstić information content (AvgIpc) is 2.83. The Kier molecular flexibility index (Phi) is 4.16. The molecule has 1 heterocycles. The maximum absolute atomic E-state index is 13.2. The van der Waals surface area contributed by atoms with Crippen molar-refractivity contribution in [1.82, 2.24) is 4.90 Å². The number of anilines is 1. The van der Waals surface area contributed by atoms with Crippen LogP contribution < -0.4 is 4.90 Å². The van der Waals surface area contributed by atoms with E-state index < -0.39 is 0 Å². The topological polar surface area (TPSA) is 23.6 Å². The fourth-order valence-electron chi connectivity index (χ4n) is 2.62. The van der Waals surface area contributed by atoms with Gasteiger partial charge in [-0.2, -0.15) is 0 Å². The molecule has 114 valence electrons. The van der Waals surface area contributed by atoms with Crippen molar-refractivity contribution in [3.8, 4) is 0 Å². The lowest BCUT2D eigenvalue weighted by Crippen LogP contribution is -2.31. The van der Waals surface area contributed by atoms with Crippen LogP contribution in [0.2, 0.25) is 0 Å². The van der Waals surface area contributed by atoms with Crippen molar-refractivity contribution in [3.05, 3.63) is 63.9 Å². The fourth-order valence-corrected chi connectivity index (χ4v) is 2.87. The highest BCUT2D eigenvalue weighted by Crippen LogP contribution is 2.26. The van der Waals surface area contributed by atoms with Crippen LogP contribution in [0.5, 0.6) is 0 Å². The maximum atomic E-state index is 13.2. The molecule has 0 aliphatic carbocycles. The molecule has 5 heteroatoms. The van der Waals surface area contributed by atoms with Crippen molar-refractivity contribution in [3.63, 3.8) is 0 Å². The van der Waals surface area contributed by atoms with E-state index in [0.29, 0.717) is 19.6 Å². The summed E-state index contributed by atoms with van der Waals surface area (Å²) >= 11 is 3.47. The third kappa shape index (κ3) is 2.99. The van der Waals surface area contributed by atoms with E-state index in [1.54, 1.807) is 15.9 Å². The van der Waals surface area contributed by atoms with Crippen molar-refractivity contribution < 1.29 is 9.18 Å². The average molecular weight is 363 g/mol. The quantitative estimate of drug-likeness (QED) is 0.796. The van der Waals surface area contributed by atoms with E-state index in [1.807, 2.05) is 31.2 Å². The summed E-state index contributed by atoms with van der Waals surface area (Å²) in [5, 5.41) is 0. The fraction of sp³-hybridized carbons (Fsp3) is 0.235. The summed E-state index contributed by atoms with van der Waals surface area (Å²) in [5.41, 5.74) is 2.79. The van der Waals surface area contributed by atoms with Gasteiger partial charge < -0.3 is 4.90 Å². The van der Waals surface area contributed by atoms with Crippen molar-refractivity contribution in [2.24, 2.45) is 0 Å². The molecule has 0 N–H and O–H groups in total. The number of nitrogens with zero attached hydrogens (tertiary/aromatic N) is 2. The number of rotatable bonds is 3. The molecule has 1 saturated heterocycles. The maximum Gasteiger partial charge on any atom is 0.324 e. The molecule has 22 heavy (non-hydrogen) atoms. The predicted octanol–water partition coefficient (Wildman–Crippen LogP) is 4.34. The van der Waals surface area contributed by atoms with Crippen LogP contribution in [0.4, 0.5) is 14.9 Å². The molecule has 0 unspecified atom stereocenters. The van der Waals surface area contributed by atoms with Crippen LogP contribution in [0, 0.1) is 12.7 Å². The minimum atomic E-state index is -0.274. The highest BCUT2D eigenvalue weighted by Gasteiger charge is 2.29. The summed E-state index contributed by atoms with van der Waals surface area (Å²) in [7, 11) is 0. The Hall–Kier alpha value is -1.88. The highest BCUT2D eigenvalue weighted by atomic mass is 79.9. The number of benzene rings is 2. The lowest BCUT2D eigenvalue weighted by molar-refractivity contribution is 0.218. The number of carbonyl (C=O) groups excluding carboxylic acids is 1. The van der Waals surface area contributed by atoms with E-state index in [1.165, 1.54) is 12.1 Å². The molecule has 2 aromatic rings. The Morgan fingerprint density at radius 3 is 2.73 bits per heavy atom. The van der Waals surface area contributed by atoms with Gasteiger partial charge in [-0.05, 0) is 48.4 Å². The van der Waals surface area contributed by atoms with E-state index in [4.69, 9.17) is 0 Å². The van der Waals surface area contributed by atoms with E-state index in [2.05, 4.69) is 15.9 Å². The van der Waals surface area contributed by atoms with Gasteiger partial charge >= 0.3 is 6.03 Å². The van der Waals surface area contributed by atoms with Gasteiger partial charge in [-0.25, -0.2) is 9.18 Å². The minimum Gasteiger partial charge on any atom is -0.318 e. The monoisotopic (exact) mass is 362 g/mol. The summed E-state index contributed by atoms with van der Waals surface area (Å²) in [6.45, 7) is 3.72. The van der Waals surface area contributed by atoms with Crippen LogP contribution in [0.25, 0.3) is 0 Å². The second-order valence-corrected chi connectivity index (χ2v) is 6.27. The van der Waals surface area contributed by atoms with Gasteiger partial charge in [-0.15, -0.1) is 0 Å². The lowest BCUT2D eigenvalue weighted by atomic mass is 10.2. The van der Waals surface area contributed by atoms with E-state index in [0.717, 1.165) is 21.3 Å². The molecule has 0 spiro atoms. The molecule has 0 bridgehead atoms. The summed E-state index contributed by atoms with van der Waals surface area (Å²) < 4.78 is 14.3. The van der Waals surface area contributed by atoms with Gasteiger partial charge in [0.05, 0.1) is 0 Å². The minimum absolute atomic E-state index is 0.0361. The zero-order chi connectivity index (χ0) is 15.7. The van der Waals surface area contributed by atoms with Gasteiger partial charge in [-0.1, -0.05) is 28.1 Å². The number of carbonyl (C=O) groups is 1. The number of hydrogen-bond donors (Lipinski definition) is 0. The van der Waals surface area contributed by atoms with Crippen molar-refractivity contribution in [2.75, 3.05) is 18.0 Å². The molecule has 0 saturated carbocycles. The highest BCUT2D eigenvalue weighted by molar-refractivity contribution is 9.10. The number of urea groups is 1. The van der Waals surface area contributed by atoms with Gasteiger partial charge in [0.2, 0.25) is 0 Å². The first kappa shape index (κ1) is 15.0. The molecule has 2 aromatic carbocycles. The van der Waals surface area contributed by atoms with E-state index in [9.17, 15) is 9.18 Å². The molecule has 3 nitrogen and oxygen atoms in total. The van der Waals surface area contributed by atoms with Gasteiger partial charge in [0.1, 0.15) is 5.82 Å². The smallest absolute Gasteiger partial charge is 0.318 e. The first-order valence-corrected chi connectivity index (χ1v) is 7.91. The number of amides is 2. The molecule has 0 radical (unpaired) electrons. The first-order chi connectivity index (χ1) is 10.5. The van der Waals surface area contributed by atoms with E-state index >= 15 is 0 Å².